The first-order chi connectivity index (χ1) is 15.9. The fraction of sp³-hybridized carbons (Fsp3) is 0.208. The molecule has 0 saturated carbocycles. The molecule has 2 N–H and O–H groups in total. The number of fused-ring (bicyclic) bond motifs is 1. The van der Waals surface area contributed by atoms with E-state index in [4.69, 9.17) is 0 Å². The molecule has 1 aliphatic rings. The van der Waals surface area contributed by atoms with Crippen molar-refractivity contribution in [3.8, 4) is 0 Å². The minimum Gasteiger partial charge on any atom is -0.375 e. The van der Waals surface area contributed by atoms with Crippen molar-refractivity contribution in [1.82, 2.24) is 15.2 Å². The van der Waals surface area contributed by atoms with E-state index in [1.54, 1.807) is 29.2 Å². The van der Waals surface area contributed by atoms with Crippen molar-refractivity contribution in [2.24, 2.45) is 0 Å². The van der Waals surface area contributed by atoms with Crippen LogP contribution in [0.4, 0.5) is 14.6 Å². The Morgan fingerprint density at radius 1 is 1.00 bits per heavy atom. The van der Waals surface area contributed by atoms with E-state index < -0.39 is 19.1 Å². The maximum Gasteiger partial charge on any atom is 0.272 e. The fourth-order valence-corrected chi connectivity index (χ4v) is 7.07. The Labute approximate surface area is 189 Å². The van der Waals surface area contributed by atoms with Gasteiger partial charge in [0.2, 0.25) is 0 Å². The first kappa shape index (κ1) is 21.6. The van der Waals surface area contributed by atoms with Crippen LogP contribution in [0.5, 0.6) is 0 Å². The number of aromatic amines is 1. The third-order valence-corrected chi connectivity index (χ3v) is 9.24. The first-order valence-corrected chi connectivity index (χ1v) is 12.8. The number of nitrogens with one attached hydrogen (secondary N) is 1. The number of pyridine rings is 1. The average Bonchev–Trinajstić information content (AvgIpc) is 2.83. The van der Waals surface area contributed by atoms with Crippen LogP contribution in [0.25, 0.3) is 10.8 Å². The predicted molar refractivity (Wildman–Crippen MR) is 126 cm³/mol. The number of aromatic nitrogens is 3. The predicted octanol–water partition coefficient (Wildman–Crippen LogP) is 3.26. The van der Waals surface area contributed by atoms with E-state index in [0.717, 1.165) is 10.9 Å². The Bertz CT molecular complexity index is 1390. The second-order valence-electron chi connectivity index (χ2n) is 8.17. The molecule has 4 aromatic rings. The average molecular weight is 467 g/mol. The van der Waals surface area contributed by atoms with Crippen LogP contribution in [0.2, 0.25) is 0 Å². The van der Waals surface area contributed by atoms with E-state index in [0.29, 0.717) is 48.2 Å². The molecule has 33 heavy (non-hydrogen) atoms. The maximum absolute atomic E-state index is 14.8. The molecular formula is C24H22F2N4O2P. The van der Waals surface area contributed by atoms with Gasteiger partial charge in [-0.3, -0.25) is 4.79 Å². The van der Waals surface area contributed by atoms with Gasteiger partial charge >= 0.3 is 0 Å². The monoisotopic (exact) mass is 467 g/mol. The number of benzene rings is 2. The van der Waals surface area contributed by atoms with Gasteiger partial charge in [-0.05, 0) is 35.9 Å². The van der Waals surface area contributed by atoms with Gasteiger partial charge in [0.1, 0.15) is 5.82 Å². The van der Waals surface area contributed by atoms with Crippen LogP contribution >= 0.6 is 7.49 Å². The molecule has 3 heterocycles. The lowest BCUT2D eigenvalue weighted by Gasteiger charge is -2.40. The largest absolute Gasteiger partial charge is 0.375 e. The minimum atomic E-state index is -2.76. The Hall–Kier alpha value is -3.22. The van der Waals surface area contributed by atoms with Crippen LogP contribution in [0.3, 0.4) is 0 Å². The summed E-state index contributed by atoms with van der Waals surface area (Å²) in [6.45, 7) is 0.794. The SMILES string of the molecule is O=c1[nH]nc(Cc2ccc(F)c([P]3(O)CCN(c4ncccc4F)CC3)c2)c2ccccc12. The molecule has 1 fully saturated rings. The van der Waals surface area contributed by atoms with E-state index in [2.05, 4.69) is 15.2 Å². The van der Waals surface area contributed by atoms with Gasteiger partial charge in [0, 0.05) is 56.2 Å². The zero-order valence-electron chi connectivity index (χ0n) is 17.7. The number of nitrogens with zero attached hydrogens (tertiary/aromatic N) is 3. The number of H-pyrrole nitrogens is 1. The van der Waals surface area contributed by atoms with Crippen molar-refractivity contribution >= 4 is 29.4 Å². The van der Waals surface area contributed by atoms with Crippen LogP contribution in [0.1, 0.15) is 11.3 Å². The summed E-state index contributed by atoms with van der Waals surface area (Å²) in [7, 11) is -2.76. The third kappa shape index (κ3) is 4.12. The van der Waals surface area contributed by atoms with Gasteiger partial charge in [-0.2, -0.15) is 5.10 Å². The molecule has 2 aromatic carbocycles. The van der Waals surface area contributed by atoms with Gasteiger partial charge in [0.05, 0.1) is 11.1 Å². The number of halogens is 2. The number of rotatable bonds is 4. The molecule has 0 aliphatic carbocycles. The summed E-state index contributed by atoms with van der Waals surface area (Å²) in [4.78, 5) is 29.4. The van der Waals surface area contributed by atoms with Crippen LogP contribution in [0, 0.1) is 11.6 Å². The Kier molecular flexibility index (Phi) is 5.64. The van der Waals surface area contributed by atoms with Crippen LogP contribution in [-0.2, 0) is 6.42 Å². The van der Waals surface area contributed by atoms with Crippen LogP contribution < -0.4 is 15.8 Å². The number of hydrogen-bond donors (Lipinski definition) is 2. The number of anilines is 1. The smallest absolute Gasteiger partial charge is 0.272 e. The van der Waals surface area contributed by atoms with Crippen LogP contribution in [-0.4, -0.2) is 45.5 Å². The van der Waals surface area contributed by atoms with Crippen molar-refractivity contribution < 1.29 is 13.7 Å². The molecule has 0 bridgehead atoms. The molecular weight excluding hydrogens is 445 g/mol. The summed E-state index contributed by atoms with van der Waals surface area (Å²) in [6, 6.07) is 14.9. The zero-order valence-corrected chi connectivity index (χ0v) is 18.6. The summed E-state index contributed by atoms with van der Waals surface area (Å²) in [5.74, 6) is -0.588. The molecule has 1 saturated heterocycles. The van der Waals surface area contributed by atoms with Crippen molar-refractivity contribution in [3.05, 3.63) is 94.0 Å². The molecule has 5 rings (SSSR count). The number of hydrogen-bond acceptors (Lipinski definition) is 5. The lowest BCUT2D eigenvalue weighted by molar-refractivity contribution is 0.578. The molecule has 169 valence electrons. The third-order valence-electron chi connectivity index (χ3n) is 6.12. The van der Waals surface area contributed by atoms with Crippen molar-refractivity contribution in [1.29, 1.82) is 0 Å². The van der Waals surface area contributed by atoms with Crippen molar-refractivity contribution in [2.45, 2.75) is 6.42 Å². The topological polar surface area (TPSA) is 82.1 Å². The highest BCUT2D eigenvalue weighted by atomic mass is 31.2. The highest BCUT2D eigenvalue weighted by Gasteiger charge is 2.35. The molecule has 9 heteroatoms. The molecule has 0 atom stereocenters. The second kappa shape index (κ2) is 8.61. The van der Waals surface area contributed by atoms with Crippen molar-refractivity contribution in [3.63, 3.8) is 0 Å². The van der Waals surface area contributed by atoms with Gasteiger partial charge in [-0.25, -0.2) is 18.9 Å². The second-order valence-corrected chi connectivity index (χ2v) is 11.4. The zero-order chi connectivity index (χ0) is 23.0. The quantitative estimate of drug-likeness (QED) is 0.451. The highest BCUT2D eigenvalue weighted by Crippen LogP contribution is 2.55. The lowest BCUT2D eigenvalue weighted by Crippen LogP contribution is -2.40. The Morgan fingerprint density at radius 2 is 1.76 bits per heavy atom. The van der Waals surface area contributed by atoms with E-state index in [1.807, 2.05) is 12.1 Å². The molecule has 0 unspecified atom stereocenters. The minimum absolute atomic E-state index is 0.258. The summed E-state index contributed by atoms with van der Waals surface area (Å²) < 4.78 is 29.0. The van der Waals surface area contributed by atoms with E-state index in [9.17, 15) is 18.5 Å². The standard InChI is InChI=1S/C24H22F2N4O2P/c25-19-8-7-16(14-21-17-4-1-2-5-18(17)24(31)29-28-21)15-22(19)33(32)12-10-30(11-13-33)23-20(26)6-3-9-27-23/h1-9,15,32H,10-14H2,(H,29,31). The van der Waals surface area contributed by atoms with Gasteiger partial charge in [-0.15, -0.1) is 0 Å². The van der Waals surface area contributed by atoms with Gasteiger partial charge in [0.15, 0.2) is 11.6 Å². The fourth-order valence-electron chi connectivity index (χ4n) is 4.35. The molecule has 6 nitrogen and oxygen atoms in total. The van der Waals surface area contributed by atoms with Crippen molar-refractivity contribution in [2.75, 3.05) is 30.3 Å². The summed E-state index contributed by atoms with van der Waals surface area (Å²) >= 11 is 0. The lowest BCUT2D eigenvalue weighted by atomic mass is 10.0. The molecule has 0 spiro atoms. The summed E-state index contributed by atoms with van der Waals surface area (Å²) in [6.07, 6.45) is 2.62. The van der Waals surface area contributed by atoms with E-state index >= 15 is 0 Å². The highest BCUT2D eigenvalue weighted by molar-refractivity contribution is 7.77. The van der Waals surface area contributed by atoms with Gasteiger partial charge < -0.3 is 9.79 Å². The summed E-state index contributed by atoms with van der Waals surface area (Å²) in [5.41, 5.74) is 1.21. The Morgan fingerprint density at radius 3 is 2.52 bits per heavy atom. The van der Waals surface area contributed by atoms with E-state index in [1.165, 1.54) is 24.4 Å². The first-order valence-electron chi connectivity index (χ1n) is 10.7. The van der Waals surface area contributed by atoms with Gasteiger partial charge in [-0.1, -0.05) is 24.3 Å². The molecule has 2 aromatic heterocycles. The van der Waals surface area contributed by atoms with Gasteiger partial charge in [0.25, 0.3) is 5.56 Å². The molecule has 1 radical (unpaired) electrons. The summed E-state index contributed by atoms with van der Waals surface area (Å²) in [5, 5.41) is 8.34. The van der Waals surface area contributed by atoms with Crippen LogP contribution in [0.15, 0.2) is 65.6 Å². The molecule has 0 amide bonds. The normalized spacial score (nSPS) is 15.7. The maximum atomic E-state index is 14.8. The van der Waals surface area contributed by atoms with E-state index in [-0.39, 0.29) is 11.4 Å². The Balaban J connectivity index is 1.41. The molecule has 1 aliphatic heterocycles.